The van der Waals surface area contributed by atoms with Gasteiger partial charge in [-0.25, -0.2) is 17.9 Å². The van der Waals surface area contributed by atoms with Gasteiger partial charge in [0.25, 0.3) is 0 Å². The van der Waals surface area contributed by atoms with Crippen LogP contribution in [0.5, 0.6) is 5.75 Å². The van der Waals surface area contributed by atoms with Gasteiger partial charge >= 0.3 is 5.92 Å². The minimum Gasteiger partial charge on any atom is -0.489 e. The molecule has 43 heavy (non-hydrogen) atoms. The molecule has 1 N–H and O–H groups in total. The number of hydrogen-bond donors (Lipinski definition) is 1. The summed E-state index contributed by atoms with van der Waals surface area (Å²) >= 11 is 5.69. The van der Waals surface area contributed by atoms with Crippen molar-refractivity contribution in [3.8, 4) is 17.6 Å². The van der Waals surface area contributed by atoms with Crippen molar-refractivity contribution in [2.45, 2.75) is 24.7 Å². The van der Waals surface area contributed by atoms with Crippen molar-refractivity contribution >= 4 is 11.6 Å². The maximum absolute atomic E-state index is 15.9. The Balaban J connectivity index is 1.32. The minimum absolute atomic E-state index is 0.0213. The molecule has 0 fully saturated rings. The predicted molar refractivity (Wildman–Crippen MR) is 144 cm³/mol. The van der Waals surface area contributed by atoms with Gasteiger partial charge in [0.05, 0.1) is 11.6 Å². The number of aromatic nitrogens is 5. The maximum atomic E-state index is 15.9. The summed E-state index contributed by atoms with van der Waals surface area (Å²) in [4.78, 5) is 3.78. The molecule has 218 valence electrons. The Labute approximate surface area is 246 Å². The van der Waals surface area contributed by atoms with Crippen molar-refractivity contribution in [2.24, 2.45) is 0 Å². The first kappa shape index (κ1) is 29.6. The third-order valence-corrected chi connectivity index (χ3v) is 6.67. The molecule has 0 bridgehead atoms. The van der Waals surface area contributed by atoms with E-state index >= 15 is 8.78 Å². The van der Waals surface area contributed by atoms with Gasteiger partial charge in [-0.3, -0.25) is 4.98 Å². The molecule has 0 aliphatic heterocycles. The van der Waals surface area contributed by atoms with E-state index in [0.717, 1.165) is 35.4 Å². The Bertz CT molecular complexity index is 1790. The molecule has 0 saturated heterocycles. The van der Waals surface area contributed by atoms with Crippen molar-refractivity contribution in [1.82, 2.24) is 25.2 Å². The highest BCUT2D eigenvalue weighted by molar-refractivity contribution is 6.30. The lowest BCUT2D eigenvalue weighted by molar-refractivity contribution is -0.207. The number of ether oxygens (including phenoxy) is 1. The smallest absolute Gasteiger partial charge is 0.323 e. The largest absolute Gasteiger partial charge is 0.489 e. The van der Waals surface area contributed by atoms with Crippen LogP contribution in [-0.4, -0.2) is 30.3 Å². The zero-order chi connectivity index (χ0) is 30.6. The van der Waals surface area contributed by atoms with Crippen molar-refractivity contribution in [3.05, 3.63) is 136 Å². The van der Waals surface area contributed by atoms with Crippen LogP contribution in [0, 0.1) is 29.3 Å². The number of pyridine rings is 1. The molecule has 0 saturated carbocycles. The molecule has 1 atom stereocenters. The van der Waals surface area contributed by atoms with Crippen molar-refractivity contribution in [1.29, 1.82) is 0 Å². The van der Waals surface area contributed by atoms with Crippen LogP contribution >= 0.6 is 11.6 Å². The molecule has 0 aliphatic rings. The molecule has 5 aromatic rings. The first-order chi connectivity index (χ1) is 20.5. The van der Waals surface area contributed by atoms with E-state index in [1.54, 1.807) is 30.3 Å². The van der Waals surface area contributed by atoms with E-state index in [1.165, 1.54) is 18.2 Å². The first-order valence-electron chi connectivity index (χ1n) is 12.5. The average molecular weight is 612 g/mol. The van der Waals surface area contributed by atoms with E-state index in [-0.39, 0.29) is 17.2 Å². The van der Waals surface area contributed by atoms with E-state index in [4.69, 9.17) is 16.3 Å². The standard InChI is InChI=1S/C30H19ClF5N5O2/c31-25-11-5-21(13-27(25)34)16-43-23-8-3-19(4-9-23)1-2-20-6-12-28(37-15-20)30(35,36)29(42,17-41-18-38-39-40-41)24-10-7-22(32)14-26(24)33/h3-15,18,42H,16-17H2. The van der Waals surface area contributed by atoms with Crippen LogP contribution in [0.2, 0.25) is 5.02 Å². The molecule has 1 unspecified atom stereocenters. The number of benzene rings is 3. The van der Waals surface area contributed by atoms with Gasteiger partial charge in [0.15, 0.2) is 5.60 Å². The van der Waals surface area contributed by atoms with Crippen LogP contribution in [0.1, 0.15) is 27.9 Å². The second-order valence-corrected chi connectivity index (χ2v) is 9.72. The normalized spacial score (nSPS) is 12.7. The number of nitrogens with zero attached hydrogens (tertiary/aromatic N) is 5. The molecule has 0 spiro atoms. The highest BCUT2D eigenvalue weighted by Gasteiger charge is 2.58. The number of hydrogen-bond acceptors (Lipinski definition) is 6. The lowest BCUT2D eigenvalue weighted by Gasteiger charge is -2.35. The van der Waals surface area contributed by atoms with Gasteiger partial charge in [-0.2, -0.15) is 8.78 Å². The summed E-state index contributed by atoms with van der Waals surface area (Å²) in [5.41, 5.74) is -3.54. The summed E-state index contributed by atoms with van der Waals surface area (Å²) in [5, 5.41) is 21.5. The highest BCUT2D eigenvalue weighted by atomic mass is 35.5. The number of tetrazole rings is 1. The lowest BCUT2D eigenvalue weighted by atomic mass is 9.84. The second-order valence-electron chi connectivity index (χ2n) is 9.31. The van der Waals surface area contributed by atoms with Crippen LogP contribution in [0.25, 0.3) is 0 Å². The first-order valence-corrected chi connectivity index (χ1v) is 12.8. The predicted octanol–water partition coefficient (Wildman–Crippen LogP) is 5.80. The highest BCUT2D eigenvalue weighted by Crippen LogP contribution is 2.46. The van der Waals surface area contributed by atoms with E-state index < -0.39 is 46.8 Å². The number of rotatable bonds is 8. The molecule has 0 radical (unpaired) electrons. The van der Waals surface area contributed by atoms with Crippen LogP contribution in [0.3, 0.4) is 0 Å². The molecular formula is C30H19ClF5N5O2. The molecule has 0 amide bonds. The summed E-state index contributed by atoms with van der Waals surface area (Å²) in [6.45, 7) is -0.838. The van der Waals surface area contributed by atoms with Crippen molar-refractivity contribution in [2.75, 3.05) is 0 Å². The summed E-state index contributed by atoms with van der Waals surface area (Å²) in [7, 11) is 0. The summed E-state index contributed by atoms with van der Waals surface area (Å²) < 4.78 is 79.9. The quantitative estimate of drug-likeness (QED) is 0.176. The number of alkyl halides is 2. The van der Waals surface area contributed by atoms with E-state index in [2.05, 4.69) is 32.4 Å². The van der Waals surface area contributed by atoms with Gasteiger partial charge < -0.3 is 9.84 Å². The van der Waals surface area contributed by atoms with Crippen molar-refractivity contribution in [3.63, 3.8) is 0 Å². The summed E-state index contributed by atoms with van der Waals surface area (Å²) in [6, 6.07) is 15.2. The molecule has 3 aromatic carbocycles. The molecule has 0 aliphatic carbocycles. The number of aliphatic hydroxyl groups is 1. The summed E-state index contributed by atoms with van der Waals surface area (Å²) in [6.07, 6.45) is 2.05. The van der Waals surface area contributed by atoms with E-state index in [9.17, 15) is 18.3 Å². The Hall–Kier alpha value is -4.86. The Morgan fingerprint density at radius 2 is 1.63 bits per heavy atom. The Morgan fingerprint density at radius 3 is 2.28 bits per heavy atom. The fourth-order valence-corrected chi connectivity index (χ4v) is 4.22. The maximum Gasteiger partial charge on any atom is 0.323 e. The third kappa shape index (κ3) is 6.48. The SMILES string of the molecule is OC(Cn1cnnn1)(c1ccc(F)cc1F)C(F)(F)c1ccc(C#Cc2ccc(OCc3ccc(Cl)c(F)c3)cc2)cn1. The fourth-order valence-electron chi connectivity index (χ4n) is 4.11. The van der Waals surface area contributed by atoms with Gasteiger partial charge in [0.2, 0.25) is 0 Å². The van der Waals surface area contributed by atoms with Gasteiger partial charge in [-0.15, -0.1) is 5.10 Å². The van der Waals surface area contributed by atoms with Gasteiger partial charge in [0.1, 0.15) is 41.8 Å². The monoisotopic (exact) mass is 611 g/mol. The van der Waals surface area contributed by atoms with Crippen LogP contribution in [-0.2, 0) is 24.7 Å². The molecule has 2 heterocycles. The van der Waals surface area contributed by atoms with Gasteiger partial charge in [-0.05, 0) is 76.7 Å². The topological polar surface area (TPSA) is 86.0 Å². The number of halogens is 6. The molecule has 2 aromatic heterocycles. The second kappa shape index (κ2) is 12.2. The average Bonchev–Trinajstić information content (AvgIpc) is 3.50. The van der Waals surface area contributed by atoms with Gasteiger partial charge in [-0.1, -0.05) is 29.5 Å². The fraction of sp³-hybridized carbons (Fsp3) is 0.133. The molecule has 7 nitrogen and oxygen atoms in total. The zero-order valence-electron chi connectivity index (χ0n) is 21.9. The molecular weight excluding hydrogens is 593 g/mol. The summed E-state index contributed by atoms with van der Waals surface area (Å²) in [5.74, 6) is -0.919. The van der Waals surface area contributed by atoms with Crippen LogP contribution < -0.4 is 4.74 Å². The minimum atomic E-state index is -4.18. The Morgan fingerprint density at radius 1 is 0.884 bits per heavy atom. The third-order valence-electron chi connectivity index (χ3n) is 6.36. The lowest BCUT2D eigenvalue weighted by Crippen LogP contribution is -2.48. The van der Waals surface area contributed by atoms with Gasteiger partial charge in [0, 0.05) is 29.0 Å². The molecule has 13 heteroatoms. The van der Waals surface area contributed by atoms with E-state index in [0.29, 0.717) is 22.9 Å². The Kier molecular flexibility index (Phi) is 8.38. The van der Waals surface area contributed by atoms with Crippen LogP contribution in [0.15, 0.2) is 85.3 Å². The van der Waals surface area contributed by atoms with Crippen LogP contribution in [0.4, 0.5) is 22.0 Å². The molecule has 5 rings (SSSR count). The zero-order valence-corrected chi connectivity index (χ0v) is 22.6. The van der Waals surface area contributed by atoms with E-state index in [1.807, 2.05) is 0 Å². The van der Waals surface area contributed by atoms with Crippen molar-refractivity contribution < 1.29 is 31.8 Å².